The molecule has 1 rings (SSSR count). The van der Waals surface area contributed by atoms with Crippen LogP contribution in [0.5, 0.6) is 0 Å². The minimum atomic E-state index is -0.0908. The molecule has 0 saturated carbocycles. The molecule has 0 spiro atoms. The third-order valence-corrected chi connectivity index (χ3v) is 10.2. The van der Waals surface area contributed by atoms with Crippen molar-refractivity contribution in [2.75, 3.05) is 64.1 Å². The van der Waals surface area contributed by atoms with Gasteiger partial charge in [-0.05, 0) is 41.8 Å². The highest BCUT2D eigenvalue weighted by Crippen LogP contribution is 2.28. The molecule has 28 heavy (non-hydrogen) atoms. The Morgan fingerprint density at radius 3 is 2.11 bits per heavy atom. The fourth-order valence-electron chi connectivity index (χ4n) is 3.00. The first-order valence-corrected chi connectivity index (χ1v) is 15.8. The smallest absolute Gasteiger partial charge is 0.232 e. The molecule has 0 N–H and O–H groups in total. The predicted octanol–water partition coefficient (Wildman–Crippen LogP) is 4.57. The van der Waals surface area contributed by atoms with Crippen molar-refractivity contribution < 1.29 is 9.59 Å². The Morgan fingerprint density at radius 1 is 0.929 bits per heavy atom. The number of thiol groups is 2. The van der Waals surface area contributed by atoms with Gasteiger partial charge in [-0.2, -0.15) is 72.3 Å². The Balaban J connectivity index is 2.14. The summed E-state index contributed by atoms with van der Waals surface area (Å²) in [7, 11) is 0. The molecule has 1 saturated heterocycles. The molecule has 2 amide bonds. The van der Waals surface area contributed by atoms with Gasteiger partial charge in [0.25, 0.3) is 0 Å². The van der Waals surface area contributed by atoms with E-state index in [4.69, 9.17) is 0 Å². The molecular formula is C19H35NO2S6. The predicted molar refractivity (Wildman–Crippen MR) is 140 cm³/mol. The van der Waals surface area contributed by atoms with Crippen LogP contribution in [0.1, 0.15) is 26.2 Å². The van der Waals surface area contributed by atoms with Crippen LogP contribution in [-0.4, -0.2) is 80.8 Å². The lowest BCUT2D eigenvalue weighted by atomic mass is 9.96. The van der Waals surface area contributed by atoms with Crippen LogP contribution in [0.15, 0.2) is 0 Å². The summed E-state index contributed by atoms with van der Waals surface area (Å²) >= 11 is 16.2. The quantitative estimate of drug-likeness (QED) is 0.163. The van der Waals surface area contributed by atoms with Gasteiger partial charge >= 0.3 is 0 Å². The van der Waals surface area contributed by atoms with E-state index in [9.17, 15) is 9.59 Å². The van der Waals surface area contributed by atoms with E-state index < -0.39 is 0 Å². The molecule has 0 bridgehead atoms. The van der Waals surface area contributed by atoms with Crippen LogP contribution in [0, 0.1) is 11.8 Å². The normalized spacial score (nSPS) is 18.2. The Hall–Kier alpha value is 1.24. The number of rotatable bonds is 18. The summed E-state index contributed by atoms with van der Waals surface area (Å²) in [5, 5.41) is 0. The number of hydrogen-bond donors (Lipinski definition) is 2. The number of thioether (sulfide) groups is 4. The van der Waals surface area contributed by atoms with Crippen LogP contribution in [0.3, 0.4) is 0 Å². The van der Waals surface area contributed by atoms with Crippen molar-refractivity contribution in [1.29, 1.82) is 0 Å². The van der Waals surface area contributed by atoms with Gasteiger partial charge in [-0.3, -0.25) is 14.5 Å². The summed E-state index contributed by atoms with van der Waals surface area (Å²) in [5.74, 6) is 11.3. The molecule has 0 radical (unpaired) electrons. The van der Waals surface area contributed by atoms with Gasteiger partial charge in [-0.15, -0.1) is 0 Å². The number of amides is 2. The first kappa shape index (κ1) is 27.3. The first-order valence-electron chi connectivity index (χ1n) is 9.97. The molecule has 0 aliphatic carbocycles. The minimum Gasteiger partial charge on any atom is -0.282 e. The van der Waals surface area contributed by atoms with Gasteiger partial charge in [0.2, 0.25) is 11.8 Å². The molecule has 0 aromatic carbocycles. The Labute approximate surface area is 199 Å². The van der Waals surface area contributed by atoms with Crippen molar-refractivity contribution in [2.45, 2.75) is 26.2 Å². The molecule has 9 heteroatoms. The second-order valence-corrected chi connectivity index (χ2v) is 12.6. The third-order valence-electron chi connectivity index (χ3n) is 4.31. The number of imide groups is 1. The van der Waals surface area contributed by atoms with Gasteiger partial charge < -0.3 is 0 Å². The molecule has 1 aliphatic heterocycles. The fraction of sp³-hybridized carbons (Fsp3) is 0.895. The van der Waals surface area contributed by atoms with E-state index in [0.29, 0.717) is 18.9 Å². The van der Waals surface area contributed by atoms with E-state index in [1.165, 1.54) is 10.7 Å². The second-order valence-electron chi connectivity index (χ2n) is 6.84. The standard InChI is InChI=1S/C19H35NO2S6/c1-16(15-28-12-11-27-8-5-24)13-17-14-18(21)20(19(17)22)3-2-6-25-9-10-26-7-4-23/h16-17,23-24H,2-15H2,1H3. The van der Waals surface area contributed by atoms with Crippen LogP contribution in [0.2, 0.25) is 0 Å². The summed E-state index contributed by atoms with van der Waals surface area (Å²) in [6.07, 6.45) is 2.16. The molecule has 1 aliphatic rings. The minimum absolute atomic E-state index is 0.0346. The Kier molecular flexibility index (Phi) is 17.4. The van der Waals surface area contributed by atoms with Crippen LogP contribution in [0.4, 0.5) is 0 Å². The van der Waals surface area contributed by atoms with Crippen molar-refractivity contribution in [3.8, 4) is 0 Å². The van der Waals surface area contributed by atoms with Crippen LogP contribution >= 0.6 is 72.3 Å². The van der Waals surface area contributed by atoms with Gasteiger partial charge in [0.15, 0.2) is 0 Å². The maximum atomic E-state index is 12.6. The molecule has 0 aromatic heterocycles. The summed E-state index contributed by atoms with van der Waals surface area (Å²) in [6.45, 7) is 2.80. The average Bonchev–Trinajstić information content (AvgIpc) is 2.93. The molecule has 164 valence electrons. The second kappa shape index (κ2) is 17.9. The molecule has 0 aromatic rings. The number of likely N-dealkylation sites (tertiary alicyclic amines) is 1. The lowest BCUT2D eigenvalue weighted by Gasteiger charge is -2.17. The number of carbonyl (C=O) groups excluding carboxylic acids is 2. The van der Waals surface area contributed by atoms with E-state index in [-0.39, 0.29) is 17.7 Å². The van der Waals surface area contributed by atoms with E-state index in [2.05, 4.69) is 32.2 Å². The van der Waals surface area contributed by atoms with E-state index in [0.717, 1.165) is 64.6 Å². The highest BCUT2D eigenvalue weighted by atomic mass is 32.2. The average molecular weight is 502 g/mol. The number of hydrogen-bond acceptors (Lipinski definition) is 8. The lowest BCUT2D eigenvalue weighted by molar-refractivity contribution is -0.139. The van der Waals surface area contributed by atoms with E-state index in [1.54, 1.807) is 0 Å². The van der Waals surface area contributed by atoms with Gasteiger partial charge in [-0.25, -0.2) is 0 Å². The van der Waals surface area contributed by atoms with Crippen molar-refractivity contribution in [2.24, 2.45) is 11.8 Å². The van der Waals surface area contributed by atoms with Crippen molar-refractivity contribution >= 4 is 84.1 Å². The van der Waals surface area contributed by atoms with Gasteiger partial charge in [0.1, 0.15) is 0 Å². The molecular weight excluding hydrogens is 467 g/mol. The summed E-state index contributed by atoms with van der Waals surface area (Å²) in [5.41, 5.74) is 0. The largest absolute Gasteiger partial charge is 0.282 e. The first-order chi connectivity index (χ1) is 13.6. The van der Waals surface area contributed by atoms with E-state index in [1.807, 2.05) is 47.0 Å². The topological polar surface area (TPSA) is 37.4 Å². The van der Waals surface area contributed by atoms with Gasteiger partial charge in [-0.1, -0.05) is 6.92 Å². The highest BCUT2D eigenvalue weighted by molar-refractivity contribution is 8.03. The molecule has 2 unspecified atom stereocenters. The zero-order valence-corrected chi connectivity index (χ0v) is 21.9. The Morgan fingerprint density at radius 2 is 1.50 bits per heavy atom. The van der Waals surface area contributed by atoms with E-state index >= 15 is 0 Å². The van der Waals surface area contributed by atoms with Crippen molar-refractivity contribution in [1.82, 2.24) is 4.90 Å². The van der Waals surface area contributed by atoms with Crippen molar-refractivity contribution in [3.05, 3.63) is 0 Å². The van der Waals surface area contributed by atoms with Crippen molar-refractivity contribution in [3.63, 3.8) is 0 Å². The van der Waals surface area contributed by atoms with Crippen LogP contribution in [-0.2, 0) is 9.59 Å². The maximum absolute atomic E-state index is 12.6. The lowest BCUT2D eigenvalue weighted by Crippen LogP contribution is -2.32. The maximum Gasteiger partial charge on any atom is 0.232 e. The highest BCUT2D eigenvalue weighted by Gasteiger charge is 2.38. The molecule has 2 atom stereocenters. The zero-order chi connectivity index (χ0) is 20.6. The SMILES string of the molecule is CC(CSCCSCCS)CC1CC(=O)N(CCCSCCSCCS)C1=O. The molecule has 1 heterocycles. The van der Waals surface area contributed by atoms with Gasteiger partial charge in [0.05, 0.1) is 0 Å². The fourth-order valence-corrected chi connectivity index (χ4v) is 7.57. The summed E-state index contributed by atoms with van der Waals surface area (Å²) in [6, 6.07) is 0. The molecule has 3 nitrogen and oxygen atoms in total. The molecule has 1 fully saturated rings. The monoisotopic (exact) mass is 501 g/mol. The van der Waals surface area contributed by atoms with Gasteiger partial charge in [0, 0.05) is 53.4 Å². The number of carbonyl (C=O) groups is 2. The van der Waals surface area contributed by atoms with Crippen LogP contribution in [0.25, 0.3) is 0 Å². The Bertz CT molecular complexity index is 441. The zero-order valence-electron chi connectivity index (χ0n) is 16.8. The van der Waals surface area contributed by atoms with Crippen LogP contribution < -0.4 is 0 Å². The summed E-state index contributed by atoms with van der Waals surface area (Å²) < 4.78 is 0. The number of nitrogens with zero attached hydrogens (tertiary/aromatic N) is 1. The third kappa shape index (κ3) is 12.2. The summed E-state index contributed by atoms with van der Waals surface area (Å²) in [4.78, 5) is 26.4.